The van der Waals surface area contributed by atoms with Crippen LogP contribution in [0.15, 0.2) is 36.4 Å². The van der Waals surface area contributed by atoms with Crippen molar-refractivity contribution < 1.29 is 9.47 Å². The highest BCUT2D eigenvalue weighted by atomic mass is 35.5. The zero-order valence-electron chi connectivity index (χ0n) is 14.1. The van der Waals surface area contributed by atoms with Gasteiger partial charge in [0.2, 0.25) is 0 Å². The molecule has 0 saturated carbocycles. The Morgan fingerprint density at radius 2 is 1.04 bits per heavy atom. The van der Waals surface area contributed by atoms with E-state index >= 15 is 0 Å². The zero-order chi connectivity index (χ0) is 17.0. The number of hydrogen-bond donors (Lipinski definition) is 0. The van der Waals surface area contributed by atoms with Crippen molar-refractivity contribution in [2.24, 2.45) is 0 Å². The molecule has 24 heavy (non-hydrogen) atoms. The topological polar surface area (TPSA) is 18.5 Å². The highest BCUT2D eigenvalue weighted by Gasteiger charge is 2.07. The summed E-state index contributed by atoms with van der Waals surface area (Å²) in [6.45, 7) is 1.44. The molecule has 0 aliphatic carbocycles. The maximum absolute atomic E-state index is 5.97. The summed E-state index contributed by atoms with van der Waals surface area (Å²) in [6, 6.07) is 12.3. The summed E-state index contributed by atoms with van der Waals surface area (Å²) in [5.41, 5.74) is 0. The highest BCUT2D eigenvalue weighted by Crippen LogP contribution is 2.33. The molecule has 2 aromatic rings. The SMILES string of the molecule is ClCCCCCOc1ccc(OCCCCCCl)c2ccccc12. The number of fused-ring (bicyclic) bond motifs is 1. The lowest BCUT2D eigenvalue weighted by Gasteiger charge is -2.13. The largest absolute Gasteiger partial charge is 0.493 e. The van der Waals surface area contributed by atoms with Crippen LogP contribution in [-0.2, 0) is 0 Å². The molecule has 0 radical (unpaired) electrons. The monoisotopic (exact) mass is 368 g/mol. The van der Waals surface area contributed by atoms with Crippen molar-refractivity contribution in [3.63, 3.8) is 0 Å². The first-order valence-corrected chi connectivity index (χ1v) is 9.83. The Morgan fingerprint density at radius 3 is 1.46 bits per heavy atom. The summed E-state index contributed by atoms with van der Waals surface area (Å²) in [7, 11) is 0. The minimum atomic E-state index is 0.722. The quantitative estimate of drug-likeness (QED) is 0.318. The molecule has 2 nitrogen and oxygen atoms in total. The Hall–Kier alpha value is -1.12. The van der Waals surface area contributed by atoms with Gasteiger partial charge in [0.25, 0.3) is 0 Å². The molecular formula is C20H26Cl2O2. The van der Waals surface area contributed by atoms with E-state index in [0.29, 0.717) is 0 Å². The number of unbranched alkanes of at least 4 members (excludes halogenated alkanes) is 4. The van der Waals surface area contributed by atoms with Gasteiger partial charge in [-0.1, -0.05) is 24.3 Å². The Labute approximate surface area is 155 Å². The maximum atomic E-state index is 5.97. The summed E-state index contributed by atoms with van der Waals surface area (Å²) >= 11 is 11.4. The summed E-state index contributed by atoms with van der Waals surface area (Å²) < 4.78 is 11.9. The minimum absolute atomic E-state index is 0.722. The van der Waals surface area contributed by atoms with Crippen LogP contribution in [0.5, 0.6) is 11.5 Å². The molecule has 0 spiro atoms. The lowest BCUT2D eigenvalue weighted by molar-refractivity contribution is 0.303. The first-order chi connectivity index (χ1) is 11.9. The third-order valence-corrected chi connectivity index (χ3v) is 4.45. The molecule has 0 atom stereocenters. The van der Waals surface area contributed by atoms with Crippen molar-refractivity contribution in [3.8, 4) is 11.5 Å². The summed E-state index contributed by atoms with van der Waals surface area (Å²) in [6.07, 6.45) is 6.35. The van der Waals surface area contributed by atoms with E-state index in [0.717, 1.165) is 85.8 Å². The predicted molar refractivity (Wildman–Crippen MR) is 104 cm³/mol. The van der Waals surface area contributed by atoms with Gasteiger partial charge >= 0.3 is 0 Å². The van der Waals surface area contributed by atoms with Gasteiger partial charge in [-0.3, -0.25) is 0 Å². The molecule has 132 valence electrons. The average Bonchev–Trinajstić information content (AvgIpc) is 2.62. The van der Waals surface area contributed by atoms with Crippen LogP contribution in [0.3, 0.4) is 0 Å². The van der Waals surface area contributed by atoms with Crippen LogP contribution < -0.4 is 9.47 Å². The summed E-state index contributed by atoms with van der Waals surface area (Å²) in [5, 5.41) is 2.21. The van der Waals surface area contributed by atoms with Gasteiger partial charge in [-0.25, -0.2) is 0 Å². The smallest absolute Gasteiger partial charge is 0.127 e. The second kappa shape index (κ2) is 11.4. The highest BCUT2D eigenvalue weighted by molar-refractivity contribution is 6.18. The van der Waals surface area contributed by atoms with Crippen molar-refractivity contribution in [3.05, 3.63) is 36.4 Å². The zero-order valence-corrected chi connectivity index (χ0v) is 15.6. The lowest BCUT2D eigenvalue weighted by Crippen LogP contribution is -2.00. The predicted octanol–water partition coefficient (Wildman–Crippen LogP) is 6.42. The van der Waals surface area contributed by atoms with Crippen molar-refractivity contribution in [2.45, 2.75) is 38.5 Å². The van der Waals surface area contributed by atoms with Gasteiger partial charge in [0.1, 0.15) is 11.5 Å². The fourth-order valence-corrected chi connectivity index (χ4v) is 2.98. The summed E-state index contributed by atoms with van der Waals surface area (Å²) in [5.74, 6) is 3.29. The number of alkyl halides is 2. The van der Waals surface area contributed by atoms with E-state index in [2.05, 4.69) is 12.1 Å². The first kappa shape index (κ1) is 19.2. The van der Waals surface area contributed by atoms with E-state index in [9.17, 15) is 0 Å². The molecule has 2 aromatic carbocycles. The second-order valence-corrected chi connectivity index (χ2v) is 6.56. The van der Waals surface area contributed by atoms with E-state index in [1.165, 1.54) is 0 Å². The maximum Gasteiger partial charge on any atom is 0.127 e. The van der Waals surface area contributed by atoms with Gasteiger partial charge < -0.3 is 9.47 Å². The van der Waals surface area contributed by atoms with Gasteiger partial charge in [-0.2, -0.15) is 0 Å². The molecule has 0 N–H and O–H groups in total. The van der Waals surface area contributed by atoms with E-state index in [1.807, 2.05) is 24.3 Å². The van der Waals surface area contributed by atoms with Crippen molar-refractivity contribution >= 4 is 34.0 Å². The van der Waals surface area contributed by atoms with Crippen LogP contribution in [0, 0.1) is 0 Å². The second-order valence-electron chi connectivity index (χ2n) is 5.80. The molecule has 0 aromatic heterocycles. The third kappa shape index (κ3) is 6.07. The van der Waals surface area contributed by atoms with Crippen LogP contribution in [0.2, 0.25) is 0 Å². The molecule has 4 heteroatoms. The molecule has 0 amide bonds. The normalized spacial score (nSPS) is 10.9. The number of benzene rings is 2. The fraction of sp³-hybridized carbons (Fsp3) is 0.500. The van der Waals surface area contributed by atoms with Crippen molar-refractivity contribution in [2.75, 3.05) is 25.0 Å². The standard InChI is InChI=1S/C20H26Cl2O2/c21-13-5-1-7-15-23-19-11-12-20(24-16-8-2-6-14-22)18-10-4-3-9-17(18)19/h3-4,9-12H,1-2,5-8,13-16H2. The molecule has 0 aliphatic rings. The molecule has 0 aliphatic heterocycles. The van der Waals surface area contributed by atoms with Gasteiger partial charge in [-0.05, 0) is 50.7 Å². The van der Waals surface area contributed by atoms with Gasteiger partial charge in [-0.15, -0.1) is 23.2 Å². The molecule has 0 heterocycles. The van der Waals surface area contributed by atoms with Crippen molar-refractivity contribution in [1.82, 2.24) is 0 Å². The van der Waals surface area contributed by atoms with Crippen molar-refractivity contribution in [1.29, 1.82) is 0 Å². The van der Waals surface area contributed by atoms with Crippen LogP contribution >= 0.6 is 23.2 Å². The van der Waals surface area contributed by atoms with E-state index < -0.39 is 0 Å². The molecule has 0 unspecified atom stereocenters. The number of halogens is 2. The third-order valence-electron chi connectivity index (χ3n) is 3.92. The summed E-state index contributed by atoms with van der Waals surface area (Å²) in [4.78, 5) is 0. The fourth-order valence-electron chi connectivity index (χ4n) is 2.61. The average molecular weight is 369 g/mol. The lowest BCUT2D eigenvalue weighted by atomic mass is 10.1. The van der Waals surface area contributed by atoms with Crippen LogP contribution in [0.1, 0.15) is 38.5 Å². The number of hydrogen-bond acceptors (Lipinski definition) is 2. The molecule has 2 rings (SSSR count). The Bertz CT molecular complexity index is 549. The number of ether oxygens (including phenoxy) is 2. The Kier molecular flexibility index (Phi) is 9.15. The Morgan fingerprint density at radius 1 is 0.583 bits per heavy atom. The Balaban J connectivity index is 1.97. The first-order valence-electron chi connectivity index (χ1n) is 8.76. The molecule has 0 bridgehead atoms. The van der Waals surface area contributed by atoms with Gasteiger partial charge in [0, 0.05) is 22.5 Å². The number of rotatable bonds is 12. The molecule has 0 fully saturated rings. The van der Waals surface area contributed by atoms with Crippen LogP contribution in [0.4, 0.5) is 0 Å². The molecular weight excluding hydrogens is 343 g/mol. The van der Waals surface area contributed by atoms with Crippen LogP contribution in [0.25, 0.3) is 10.8 Å². The molecule has 0 saturated heterocycles. The van der Waals surface area contributed by atoms with Gasteiger partial charge in [0.05, 0.1) is 13.2 Å². The van der Waals surface area contributed by atoms with E-state index in [-0.39, 0.29) is 0 Å². The minimum Gasteiger partial charge on any atom is -0.493 e. The van der Waals surface area contributed by atoms with E-state index in [1.54, 1.807) is 0 Å². The van der Waals surface area contributed by atoms with Crippen LogP contribution in [-0.4, -0.2) is 25.0 Å². The van der Waals surface area contributed by atoms with Gasteiger partial charge in [0.15, 0.2) is 0 Å². The van der Waals surface area contributed by atoms with E-state index in [4.69, 9.17) is 32.7 Å².